The van der Waals surface area contributed by atoms with Crippen molar-refractivity contribution in [3.8, 4) is 0 Å². The van der Waals surface area contributed by atoms with Crippen LogP contribution in [-0.4, -0.2) is 31.2 Å². The Balaban J connectivity index is 1.96. The fourth-order valence-corrected chi connectivity index (χ4v) is 2.36. The molecule has 1 aliphatic rings. The highest BCUT2D eigenvalue weighted by molar-refractivity contribution is 5.50. The summed E-state index contributed by atoms with van der Waals surface area (Å²) >= 11 is 0. The van der Waals surface area contributed by atoms with Crippen molar-refractivity contribution in [3.63, 3.8) is 0 Å². The number of aryl methyl sites for hydroxylation is 1. The van der Waals surface area contributed by atoms with Crippen LogP contribution in [0, 0.1) is 6.92 Å². The number of rotatable bonds is 3. The number of aromatic nitrogens is 1. The Kier molecular flexibility index (Phi) is 3.78. The summed E-state index contributed by atoms with van der Waals surface area (Å²) in [5, 5.41) is 3.58. The normalized spacial score (nSPS) is 20.8. The van der Waals surface area contributed by atoms with Crippen molar-refractivity contribution < 1.29 is 0 Å². The molecule has 1 aromatic heterocycles. The molecule has 1 atom stereocenters. The van der Waals surface area contributed by atoms with Crippen molar-refractivity contribution in [1.29, 1.82) is 0 Å². The van der Waals surface area contributed by atoms with Crippen molar-refractivity contribution in [2.45, 2.75) is 32.2 Å². The average molecular weight is 219 g/mol. The summed E-state index contributed by atoms with van der Waals surface area (Å²) in [5.74, 6) is 0. The second-order valence-electron chi connectivity index (χ2n) is 4.69. The Hall–Kier alpha value is -1.09. The molecule has 0 bridgehead atoms. The fraction of sp³-hybridized carbons (Fsp3) is 0.615. The van der Waals surface area contributed by atoms with E-state index in [2.05, 4.69) is 35.2 Å². The predicted octanol–water partition coefficient (Wildman–Crippen LogP) is 1.97. The zero-order valence-corrected chi connectivity index (χ0v) is 10.2. The van der Waals surface area contributed by atoms with Crippen molar-refractivity contribution in [1.82, 2.24) is 10.3 Å². The smallest absolute Gasteiger partial charge is 0.0580 e. The van der Waals surface area contributed by atoms with Crippen molar-refractivity contribution >= 4 is 5.69 Å². The van der Waals surface area contributed by atoms with Gasteiger partial charge in [0.05, 0.1) is 11.9 Å². The highest BCUT2D eigenvalue weighted by atomic mass is 15.1. The number of nitrogens with zero attached hydrogens (tertiary/aromatic N) is 2. The van der Waals surface area contributed by atoms with Crippen LogP contribution in [0.2, 0.25) is 0 Å². The first-order valence-electron chi connectivity index (χ1n) is 6.12. The number of likely N-dealkylation sites (N-methyl/N-ethyl adjacent to an activating group) is 1. The van der Waals surface area contributed by atoms with E-state index in [1.165, 1.54) is 37.1 Å². The minimum Gasteiger partial charge on any atom is -0.372 e. The molecular weight excluding hydrogens is 198 g/mol. The second kappa shape index (κ2) is 5.30. The van der Waals surface area contributed by atoms with E-state index >= 15 is 0 Å². The molecule has 2 rings (SSSR count). The van der Waals surface area contributed by atoms with E-state index in [1.807, 2.05) is 12.4 Å². The van der Waals surface area contributed by atoms with Gasteiger partial charge in [-0.15, -0.1) is 0 Å². The van der Waals surface area contributed by atoms with Gasteiger partial charge in [0.15, 0.2) is 0 Å². The van der Waals surface area contributed by atoms with Gasteiger partial charge in [-0.25, -0.2) is 0 Å². The number of pyridine rings is 1. The molecule has 16 heavy (non-hydrogen) atoms. The molecule has 88 valence electrons. The minimum absolute atomic E-state index is 0.637. The summed E-state index contributed by atoms with van der Waals surface area (Å²) in [7, 11) is 2.15. The average Bonchev–Trinajstić information content (AvgIpc) is 2.31. The Labute approximate surface area is 97.9 Å². The van der Waals surface area contributed by atoms with Crippen LogP contribution >= 0.6 is 0 Å². The maximum absolute atomic E-state index is 4.20. The van der Waals surface area contributed by atoms with Gasteiger partial charge in [-0.2, -0.15) is 0 Å². The quantitative estimate of drug-likeness (QED) is 0.842. The lowest BCUT2D eigenvalue weighted by Gasteiger charge is -2.29. The molecule has 3 heteroatoms. The maximum atomic E-state index is 4.20. The first kappa shape index (κ1) is 11.4. The van der Waals surface area contributed by atoms with E-state index in [-0.39, 0.29) is 0 Å². The SMILES string of the molecule is Cc1ccncc1N(C)CC1CCCCN1. The number of nitrogens with one attached hydrogen (secondary N) is 1. The summed E-state index contributed by atoms with van der Waals surface area (Å²) in [6.07, 6.45) is 7.79. The van der Waals surface area contributed by atoms with Crippen LogP contribution in [0.3, 0.4) is 0 Å². The zero-order chi connectivity index (χ0) is 11.4. The topological polar surface area (TPSA) is 28.2 Å². The van der Waals surface area contributed by atoms with E-state index in [0.717, 1.165) is 6.54 Å². The summed E-state index contributed by atoms with van der Waals surface area (Å²) in [6, 6.07) is 2.71. The molecule has 1 N–H and O–H groups in total. The minimum atomic E-state index is 0.637. The first-order chi connectivity index (χ1) is 7.77. The standard InChI is InChI=1S/C13H21N3/c1-11-6-8-14-9-13(11)16(2)10-12-5-3-4-7-15-12/h6,8-9,12,15H,3-5,7,10H2,1-2H3. The van der Waals surface area contributed by atoms with Crippen molar-refractivity contribution in [2.24, 2.45) is 0 Å². The Morgan fingerprint density at radius 2 is 2.38 bits per heavy atom. The van der Waals surface area contributed by atoms with Crippen LogP contribution in [0.5, 0.6) is 0 Å². The van der Waals surface area contributed by atoms with Crippen LogP contribution in [0.15, 0.2) is 18.5 Å². The summed E-state index contributed by atoms with van der Waals surface area (Å²) in [6.45, 7) is 4.39. The molecule has 0 aromatic carbocycles. The van der Waals surface area contributed by atoms with Crippen LogP contribution in [-0.2, 0) is 0 Å². The zero-order valence-electron chi connectivity index (χ0n) is 10.2. The van der Waals surface area contributed by atoms with Gasteiger partial charge in [-0.1, -0.05) is 6.42 Å². The molecule has 0 spiro atoms. The van der Waals surface area contributed by atoms with E-state index in [1.54, 1.807) is 0 Å². The monoisotopic (exact) mass is 219 g/mol. The highest BCUT2D eigenvalue weighted by Crippen LogP contribution is 2.18. The molecule has 0 radical (unpaired) electrons. The number of hydrogen-bond acceptors (Lipinski definition) is 3. The van der Waals surface area contributed by atoms with E-state index < -0.39 is 0 Å². The number of hydrogen-bond donors (Lipinski definition) is 1. The Morgan fingerprint density at radius 3 is 3.06 bits per heavy atom. The van der Waals surface area contributed by atoms with Gasteiger partial charge in [-0.05, 0) is 37.9 Å². The van der Waals surface area contributed by atoms with Gasteiger partial charge in [0.25, 0.3) is 0 Å². The lowest BCUT2D eigenvalue weighted by atomic mass is 10.0. The van der Waals surface area contributed by atoms with Gasteiger partial charge in [-0.3, -0.25) is 4.98 Å². The lowest BCUT2D eigenvalue weighted by Crippen LogP contribution is -2.42. The summed E-state index contributed by atoms with van der Waals surface area (Å²) in [5.41, 5.74) is 2.54. The van der Waals surface area contributed by atoms with Gasteiger partial charge >= 0.3 is 0 Å². The molecule has 0 aliphatic carbocycles. The summed E-state index contributed by atoms with van der Waals surface area (Å²) in [4.78, 5) is 6.51. The van der Waals surface area contributed by atoms with E-state index in [0.29, 0.717) is 6.04 Å². The third-order valence-electron chi connectivity index (χ3n) is 3.33. The molecule has 0 saturated carbocycles. The number of piperidine rings is 1. The predicted molar refractivity (Wildman–Crippen MR) is 67.9 cm³/mol. The van der Waals surface area contributed by atoms with Gasteiger partial charge < -0.3 is 10.2 Å². The molecule has 1 aliphatic heterocycles. The Morgan fingerprint density at radius 1 is 1.50 bits per heavy atom. The first-order valence-corrected chi connectivity index (χ1v) is 6.12. The molecule has 1 saturated heterocycles. The second-order valence-corrected chi connectivity index (χ2v) is 4.69. The fourth-order valence-electron chi connectivity index (χ4n) is 2.36. The largest absolute Gasteiger partial charge is 0.372 e. The molecular formula is C13H21N3. The molecule has 0 amide bonds. The highest BCUT2D eigenvalue weighted by Gasteiger charge is 2.15. The van der Waals surface area contributed by atoms with Crippen molar-refractivity contribution in [3.05, 3.63) is 24.0 Å². The van der Waals surface area contributed by atoms with Gasteiger partial charge in [0.2, 0.25) is 0 Å². The van der Waals surface area contributed by atoms with Crippen LogP contribution in [0.25, 0.3) is 0 Å². The third-order valence-corrected chi connectivity index (χ3v) is 3.33. The molecule has 2 heterocycles. The lowest BCUT2D eigenvalue weighted by molar-refractivity contribution is 0.403. The molecule has 3 nitrogen and oxygen atoms in total. The molecule has 1 unspecified atom stereocenters. The van der Waals surface area contributed by atoms with Crippen LogP contribution in [0.1, 0.15) is 24.8 Å². The van der Waals surface area contributed by atoms with Crippen molar-refractivity contribution in [2.75, 3.05) is 25.0 Å². The Bertz CT molecular complexity index is 332. The molecule has 1 aromatic rings. The van der Waals surface area contributed by atoms with Gasteiger partial charge in [0, 0.05) is 25.8 Å². The van der Waals surface area contributed by atoms with E-state index in [4.69, 9.17) is 0 Å². The van der Waals surface area contributed by atoms with Crippen LogP contribution < -0.4 is 10.2 Å². The van der Waals surface area contributed by atoms with E-state index in [9.17, 15) is 0 Å². The van der Waals surface area contributed by atoms with Crippen LogP contribution in [0.4, 0.5) is 5.69 Å². The maximum Gasteiger partial charge on any atom is 0.0580 e. The third kappa shape index (κ3) is 2.73. The number of anilines is 1. The van der Waals surface area contributed by atoms with Gasteiger partial charge in [0.1, 0.15) is 0 Å². The summed E-state index contributed by atoms with van der Waals surface area (Å²) < 4.78 is 0. The molecule has 1 fully saturated rings.